The van der Waals surface area contributed by atoms with Crippen LogP contribution >= 0.6 is 23.5 Å². The molecule has 1 aromatic rings. The van der Waals surface area contributed by atoms with Gasteiger partial charge in [0.05, 0.1) is 5.25 Å². The Kier molecular flexibility index (Phi) is 6.03. The Morgan fingerprint density at radius 2 is 2.05 bits per heavy atom. The Morgan fingerprint density at radius 1 is 1.33 bits per heavy atom. The number of aromatic nitrogens is 2. The second-order valence-corrected chi connectivity index (χ2v) is 9.16. The Bertz CT molecular complexity index is 444. The minimum atomic E-state index is 0.171. The average Bonchev–Trinajstić information content (AvgIpc) is 2.92. The molecule has 21 heavy (non-hydrogen) atoms. The number of hydrogen-bond donors (Lipinski definition) is 1. The highest BCUT2D eigenvalue weighted by molar-refractivity contribution is 8.06. The molecule has 0 aromatic carbocycles. The van der Waals surface area contributed by atoms with E-state index in [0.29, 0.717) is 16.5 Å². The van der Waals surface area contributed by atoms with E-state index in [1.54, 1.807) is 0 Å². The van der Waals surface area contributed by atoms with Crippen molar-refractivity contribution in [1.82, 2.24) is 15.5 Å². The average molecular weight is 330 g/mol. The molecule has 1 aliphatic heterocycles. The van der Waals surface area contributed by atoms with Gasteiger partial charge in [0.2, 0.25) is 5.89 Å². The monoisotopic (exact) mass is 329 g/mol. The molecule has 3 unspecified atom stereocenters. The molecule has 0 radical (unpaired) electrons. The maximum Gasteiger partial charge on any atom is 0.228 e. The fourth-order valence-electron chi connectivity index (χ4n) is 2.62. The second-order valence-electron chi connectivity index (χ2n) is 6.57. The fourth-order valence-corrected chi connectivity index (χ4v) is 5.61. The normalized spacial score (nSPS) is 25.0. The molecular weight excluding hydrogens is 302 g/mol. The van der Waals surface area contributed by atoms with E-state index in [-0.39, 0.29) is 5.41 Å². The van der Waals surface area contributed by atoms with Crippen molar-refractivity contribution in [3.63, 3.8) is 0 Å². The van der Waals surface area contributed by atoms with Crippen LogP contribution in [0.2, 0.25) is 0 Å². The van der Waals surface area contributed by atoms with Gasteiger partial charge in [-0.1, -0.05) is 32.9 Å². The third-order valence-electron chi connectivity index (χ3n) is 3.96. The van der Waals surface area contributed by atoms with Crippen molar-refractivity contribution in [3.8, 4) is 0 Å². The summed E-state index contributed by atoms with van der Waals surface area (Å²) in [5.74, 6) is 4.05. The Hall–Kier alpha value is -0.200. The lowest BCUT2D eigenvalue weighted by atomic mass is 9.85. The van der Waals surface area contributed by atoms with Crippen molar-refractivity contribution in [3.05, 3.63) is 11.7 Å². The smallest absolute Gasteiger partial charge is 0.228 e. The molecule has 2 rings (SSSR count). The lowest BCUT2D eigenvalue weighted by Gasteiger charge is -2.29. The zero-order valence-electron chi connectivity index (χ0n) is 13.7. The van der Waals surface area contributed by atoms with Gasteiger partial charge in [0.25, 0.3) is 0 Å². The predicted molar refractivity (Wildman–Crippen MR) is 92.0 cm³/mol. The topological polar surface area (TPSA) is 51.0 Å². The molecule has 0 aliphatic carbocycles. The molecular formula is C15H27N3OS2. The summed E-state index contributed by atoms with van der Waals surface area (Å²) in [7, 11) is 1.99. The van der Waals surface area contributed by atoms with Crippen molar-refractivity contribution in [2.24, 2.45) is 5.41 Å². The number of rotatable bonds is 5. The summed E-state index contributed by atoms with van der Waals surface area (Å²) in [5, 5.41) is 8.61. The fraction of sp³-hybridized carbons (Fsp3) is 0.867. The number of hydrogen-bond acceptors (Lipinski definition) is 6. The second kappa shape index (κ2) is 7.38. The van der Waals surface area contributed by atoms with Crippen molar-refractivity contribution in [1.29, 1.82) is 0 Å². The molecule has 0 saturated carbocycles. The minimum absolute atomic E-state index is 0.171. The Labute approximate surface area is 136 Å². The number of nitrogens with zero attached hydrogens (tertiary/aromatic N) is 2. The number of nitrogens with one attached hydrogen (secondary N) is 1. The van der Waals surface area contributed by atoms with Crippen LogP contribution in [0, 0.1) is 5.41 Å². The molecule has 0 spiro atoms. The summed E-state index contributed by atoms with van der Waals surface area (Å²) in [6.07, 6.45) is 1.95. The molecule has 1 saturated heterocycles. The zero-order valence-corrected chi connectivity index (χ0v) is 15.3. The lowest BCUT2D eigenvalue weighted by molar-refractivity contribution is 0.255. The van der Waals surface area contributed by atoms with Gasteiger partial charge < -0.3 is 9.84 Å². The highest BCUT2D eigenvalue weighted by Crippen LogP contribution is 2.42. The molecule has 3 atom stereocenters. The highest BCUT2D eigenvalue weighted by atomic mass is 32.2. The highest BCUT2D eigenvalue weighted by Gasteiger charge is 2.31. The molecule has 1 N–H and O–H groups in total. The molecule has 1 fully saturated rings. The van der Waals surface area contributed by atoms with E-state index in [1.165, 1.54) is 11.5 Å². The summed E-state index contributed by atoms with van der Waals surface area (Å²) in [6, 6.07) is 0.334. The van der Waals surface area contributed by atoms with E-state index in [2.05, 4.69) is 43.2 Å². The first-order valence-electron chi connectivity index (χ1n) is 7.68. The van der Waals surface area contributed by atoms with Crippen molar-refractivity contribution in [2.45, 2.75) is 57.1 Å². The molecule has 1 aromatic heterocycles. The third-order valence-corrected chi connectivity index (χ3v) is 7.21. The van der Waals surface area contributed by atoms with Gasteiger partial charge in [0.1, 0.15) is 0 Å². The van der Waals surface area contributed by atoms with Gasteiger partial charge in [-0.25, -0.2) is 0 Å². The molecule has 120 valence electrons. The quantitative estimate of drug-likeness (QED) is 0.891. The summed E-state index contributed by atoms with van der Waals surface area (Å²) >= 11 is 4.01. The minimum Gasteiger partial charge on any atom is -0.339 e. The van der Waals surface area contributed by atoms with Crippen molar-refractivity contribution >= 4 is 23.5 Å². The van der Waals surface area contributed by atoms with Crippen LogP contribution < -0.4 is 5.32 Å². The van der Waals surface area contributed by atoms with Crippen LogP contribution in [-0.2, 0) is 6.42 Å². The van der Waals surface area contributed by atoms with E-state index < -0.39 is 0 Å². The SMILES string of the molecule is CCC1SCCSC1c1noc(CC(NC)C(C)(C)C)n1. The van der Waals surface area contributed by atoms with E-state index in [0.717, 1.165) is 24.6 Å². The first-order valence-corrected chi connectivity index (χ1v) is 9.78. The lowest BCUT2D eigenvalue weighted by Crippen LogP contribution is -2.39. The summed E-state index contributed by atoms with van der Waals surface area (Å²) in [4.78, 5) is 4.68. The van der Waals surface area contributed by atoms with E-state index in [4.69, 9.17) is 4.52 Å². The summed E-state index contributed by atoms with van der Waals surface area (Å²) < 4.78 is 5.51. The van der Waals surface area contributed by atoms with Crippen LogP contribution in [0.5, 0.6) is 0 Å². The van der Waals surface area contributed by atoms with Crippen LogP contribution in [0.1, 0.15) is 51.1 Å². The maximum absolute atomic E-state index is 5.51. The predicted octanol–water partition coefficient (Wildman–Crippen LogP) is 3.55. The molecule has 0 amide bonds. The molecule has 2 heterocycles. The van der Waals surface area contributed by atoms with Crippen molar-refractivity contribution < 1.29 is 4.52 Å². The Balaban J connectivity index is 2.07. The van der Waals surface area contributed by atoms with Gasteiger partial charge in [-0.05, 0) is 18.9 Å². The molecule has 1 aliphatic rings. The van der Waals surface area contributed by atoms with Crippen LogP contribution in [0.4, 0.5) is 0 Å². The van der Waals surface area contributed by atoms with Gasteiger partial charge in [-0.2, -0.15) is 16.7 Å². The Morgan fingerprint density at radius 3 is 2.67 bits per heavy atom. The van der Waals surface area contributed by atoms with Gasteiger partial charge >= 0.3 is 0 Å². The first kappa shape index (κ1) is 17.2. The van der Waals surface area contributed by atoms with Crippen LogP contribution in [-0.4, -0.2) is 40.0 Å². The standard InChI is InChI=1S/C15H27N3OS2/c1-6-10-13(21-8-7-20-10)14-17-12(19-18-14)9-11(16-5)15(2,3)4/h10-11,13,16H,6-9H2,1-5H3. The van der Waals surface area contributed by atoms with Crippen LogP contribution in [0.3, 0.4) is 0 Å². The maximum atomic E-state index is 5.51. The molecule has 4 nitrogen and oxygen atoms in total. The van der Waals surface area contributed by atoms with Crippen LogP contribution in [0.25, 0.3) is 0 Å². The number of likely N-dealkylation sites (N-methyl/N-ethyl adjacent to an activating group) is 1. The van der Waals surface area contributed by atoms with Gasteiger partial charge in [-0.3, -0.25) is 0 Å². The zero-order chi connectivity index (χ0) is 15.5. The number of thioether (sulfide) groups is 2. The first-order chi connectivity index (χ1) is 9.95. The summed E-state index contributed by atoms with van der Waals surface area (Å²) in [5.41, 5.74) is 0.171. The van der Waals surface area contributed by atoms with Gasteiger partial charge in [0.15, 0.2) is 5.82 Å². The van der Waals surface area contributed by atoms with Gasteiger partial charge in [0, 0.05) is 29.2 Å². The van der Waals surface area contributed by atoms with E-state index >= 15 is 0 Å². The third kappa shape index (κ3) is 4.39. The molecule has 0 bridgehead atoms. The largest absolute Gasteiger partial charge is 0.339 e. The van der Waals surface area contributed by atoms with Gasteiger partial charge in [-0.15, -0.1) is 11.8 Å². The molecule has 6 heteroatoms. The summed E-state index contributed by atoms with van der Waals surface area (Å²) in [6.45, 7) is 8.93. The van der Waals surface area contributed by atoms with E-state index in [1.807, 2.05) is 30.6 Å². The van der Waals surface area contributed by atoms with Crippen LogP contribution in [0.15, 0.2) is 4.52 Å². The van der Waals surface area contributed by atoms with Crippen molar-refractivity contribution in [2.75, 3.05) is 18.6 Å². The van der Waals surface area contributed by atoms with E-state index in [9.17, 15) is 0 Å².